The fourth-order valence-corrected chi connectivity index (χ4v) is 2.97. The van der Waals surface area contributed by atoms with Crippen LogP contribution in [-0.4, -0.2) is 34.6 Å². The lowest BCUT2D eigenvalue weighted by molar-refractivity contribution is -0.139. The zero-order valence-corrected chi connectivity index (χ0v) is 13.6. The summed E-state index contributed by atoms with van der Waals surface area (Å²) in [5.74, 6) is -1.50. The van der Waals surface area contributed by atoms with Crippen LogP contribution < -0.4 is 5.32 Å². The van der Waals surface area contributed by atoms with Crippen LogP contribution >= 0.6 is 0 Å². The van der Waals surface area contributed by atoms with Gasteiger partial charge in [0.05, 0.1) is 0 Å². The van der Waals surface area contributed by atoms with Crippen molar-refractivity contribution < 1.29 is 19.1 Å². The molecule has 2 amide bonds. The largest absolute Gasteiger partial charge is 0.480 e. The maximum absolute atomic E-state index is 13.0. The van der Waals surface area contributed by atoms with Gasteiger partial charge in [-0.15, -0.1) is 0 Å². The second kappa shape index (κ2) is 7.34. The van der Waals surface area contributed by atoms with Crippen LogP contribution in [0.25, 0.3) is 0 Å². The van der Waals surface area contributed by atoms with Crippen molar-refractivity contribution in [2.45, 2.75) is 25.4 Å². The molecule has 1 atom stereocenters. The highest BCUT2D eigenvalue weighted by molar-refractivity contribution is 5.83. The first-order chi connectivity index (χ1) is 12.0. The third-order valence-electron chi connectivity index (χ3n) is 4.37. The first kappa shape index (κ1) is 17.0. The van der Waals surface area contributed by atoms with Crippen molar-refractivity contribution in [1.29, 1.82) is 0 Å². The summed E-state index contributed by atoms with van der Waals surface area (Å²) in [4.78, 5) is 25.6. The Morgan fingerprint density at radius 1 is 1.12 bits per heavy atom. The summed E-state index contributed by atoms with van der Waals surface area (Å²) in [6.07, 6.45) is 0.852. The van der Waals surface area contributed by atoms with Crippen molar-refractivity contribution in [2.75, 3.05) is 6.54 Å². The summed E-state index contributed by atoms with van der Waals surface area (Å²) in [7, 11) is 0. The third-order valence-corrected chi connectivity index (χ3v) is 4.37. The minimum atomic E-state index is -1.12. The number of hydrogen-bond acceptors (Lipinski definition) is 2. The van der Waals surface area contributed by atoms with Gasteiger partial charge in [0.2, 0.25) is 0 Å². The number of carboxylic acid groups (broad SMARTS) is 1. The fraction of sp³-hybridized carbons (Fsp3) is 0.263. The number of benzene rings is 2. The molecular formula is C19H19FN2O3. The van der Waals surface area contributed by atoms with E-state index in [4.69, 9.17) is 0 Å². The van der Waals surface area contributed by atoms with Gasteiger partial charge in [0.1, 0.15) is 11.9 Å². The van der Waals surface area contributed by atoms with Gasteiger partial charge in [-0.25, -0.2) is 14.0 Å². The second-order valence-corrected chi connectivity index (χ2v) is 6.11. The minimum absolute atomic E-state index is 0.103. The molecule has 0 radical (unpaired) electrons. The lowest BCUT2D eigenvalue weighted by Crippen LogP contribution is -2.50. The summed E-state index contributed by atoms with van der Waals surface area (Å²) in [5.41, 5.74) is 2.94. The maximum atomic E-state index is 13.0. The van der Waals surface area contributed by atoms with Crippen LogP contribution in [0, 0.1) is 5.82 Å². The van der Waals surface area contributed by atoms with Crippen molar-refractivity contribution in [2.24, 2.45) is 0 Å². The Hall–Kier alpha value is -2.89. The number of rotatable bonds is 4. The molecule has 0 spiro atoms. The molecule has 1 aliphatic heterocycles. The van der Waals surface area contributed by atoms with Crippen LogP contribution in [0.3, 0.4) is 0 Å². The SMILES string of the molecule is O=C(O)[C@@H](Cc1ccc(F)cc1)NC(=O)N1CCc2ccccc2C1. The molecule has 0 unspecified atom stereocenters. The van der Waals surface area contributed by atoms with E-state index in [1.807, 2.05) is 24.3 Å². The highest BCUT2D eigenvalue weighted by Crippen LogP contribution is 2.18. The molecule has 0 fully saturated rings. The van der Waals surface area contributed by atoms with Crippen LogP contribution in [0.15, 0.2) is 48.5 Å². The molecule has 2 aromatic rings. The van der Waals surface area contributed by atoms with Crippen LogP contribution in [0.4, 0.5) is 9.18 Å². The predicted molar refractivity (Wildman–Crippen MR) is 90.6 cm³/mol. The first-order valence-corrected chi connectivity index (χ1v) is 8.12. The molecule has 0 saturated carbocycles. The molecule has 2 aromatic carbocycles. The predicted octanol–water partition coefficient (Wildman–Crippen LogP) is 2.59. The molecular weight excluding hydrogens is 323 g/mol. The zero-order chi connectivity index (χ0) is 17.8. The van der Waals surface area contributed by atoms with Gasteiger partial charge in [-0.1, -0.05) is 36.4 Å². The summed E-state index contributed by atoms with van der Waals surface area (Å²) in [5, 5.41) is 12.0. The van der Waals surface area contributed by atoms with Crippen LogP contribution in [0.1, 0.15) is 16.7 Å². The number of carbonyl (C=O) groups is 2. The lowest BCUT2D eigenvalue weighted by atomic mass is 10.0. The van der Waals surface area contributed by atoms with Crippen molar-refractivity contribution in [1.82, 2.24) is 10.2 Å². The van der Waals surface area contributed by atoms with E-state index in [1.54, 1.807) is 4.90 Å². The smallest absolute Gasteiger partial charge is 0.326 e. The molecule has 2 N–H and O–H groups in total. The summed E-state index contributed by atoms with van der Waals surface area (Å²) < 4.78 is 13.0. The quantitative estimate of drug-likeness (QED) is 0.897. The third kappa shape index (κ3) is 4.15. The van der Waals surface area contributed by atoms with E-state index in [2.05, 4.69) is 5.32 Å². The molecule has 0 aliphatic carbocycles. The van der Waals surface area contributed by atoms with Gasteiger partial charge in [0, 0.05) is 19.5 Å². The van der Waals surface area contributed by atoms with Gasteiger partial charge in [0.25, 0.3) is 0 Å². The molecule has 6 heteroatoms. The number of fused-ring (bicyclic) bond motifs is 1. The van der Waals surface area contributed by atoms with Crippen molar-refractivity contribution in [3.8, 4) is 0 Å². The van der Waals surface area contributed by atoms with Gasteiger partial charge < -0.3 is 15.3 Å². The number of carboxylic acids is 1. The van der Waals surface area contributed by atoms with Crippen LogP contribution in [0.2, 0.25) is 0 Å². The zero-order valence-electron chi connectivity index (χ0n) is 13.6. The van der Waals surface area contributed by atoms with E-state index in [0.717, 1.165) is 12.0 Å². The average Bonchev–Trinajstić information content (AvgIpc) is 2.62. The molecule has 1 aliphatic rings. The number of nitrogens with one attached hydrogen (secondary N) is 1. The molecule has 1 heterocycles. The van der Waals surface area contributed by atoms with Crippen molar-refractivity contribution in [3.05, 3.63) is 71.0 Å². The Labute approximate surface area is 145 Å². The number of hydrogen-bond donors (Lipinski definition) is 2. The van der Waals surface area contributed by atoms with E-state index in [-0.39, 0.29) is 12.2 Å². The van der Waals surface area contributed by atoms with E-state index in [1.165, 1.54) is 29.8 Å². The molecule has 25 heavy (non-hydrogen) atoms. The standard InChI is InChI=1S/C19H19FN2O3/c20-16-7-5-13(6-8-16)11-17(18(23)24)21-19(25)22-10-9-14-3-1-2-4-15(14)12-22/h1-8,17H,9-12H2,(H,21,25)(H,23,24)/t17-/m1/s1. The topological polar surface area (TPSA) is 69.6 Å². The molecule has 0 saturated heterocycles. The Kier molecular flexibility index (Phi) is 4.97. The molecule has 0 bridgehead atoms. The number of aliphatic carboxylic acids is 1. The summed E-state index contributed by atoms with van der Waals surface area (Å²) in [6, 6.07) is 12.0. The normalized spacial score (nSPS) is 14.5. The number of urea groups is 1. The summed E-state index contributed by atoms with van der Waals surface area (Å²) >= 11 is 0. The number of halogens is 1. The van der Waals surface area contributed by atoms with Gasteiger partial charge in [0.15, 0.2) is 0 Å². The number of amides is 2. The van der Waals surface area contributed by atoms with Gasteiger partial charge in [-0.3, -0.25) is 0 Å². The van der Waals surface area contributed by atoms with Crippen LogP contribution in [0.5, 0.6) is 0 Å². The number of carbonyl (C=O) groups excluding carboxylic acids is 1. The van der Waals surface area contributed by atoms with E-state index in [0.29, 0.717) is 18.7 Å². The molecule has 130 valence electrons. The monoisotopic (exact) mass is 342 g/mol. The Balaban J connectivity index is 1.65. The lowest BCUT2D eigenvalue weighted by Gasteiger charge is -2.30. The second-order valence-electron chi connectivity index (χ2n) is 6.11. The van der Waals surface area contributed by atoms with E-state index >= 15 is 0 Å². The van der Waals surface area contributed by atoms with Crippen molar-refractivity contribution >= 4 is 12.0 Å². The van der Waals surface area contributed by atoms with Crippen molar-refractivity contribution in [3.63, 3.8) is 0 Å². The van der Waals surface area contributed by atoms with Gasteiger partial charge in [-0.2, -0.15) is 0 Å². The van der Waals surface area contributed by atoms with Gasteiger partial charge >= 0.3 is 12.0 Å². The Bertz CT molecular complexity index is 776. The Morgan fingerprint density at radius 2 is 1.80 bits per heavy atom. The highest BCUT2D eigenvalue weighted by atomic mass is 19.1. The fourth-order valence-electron chi connectivity index (χ4n) is 2.97. The van der Waals surface area contributed by atoms with Gasteiger partial charge in [-0.05, 0) is 35.2 Å². The summed E-state index contributed by atoms with van der Waals surface area (Å²) in [6.45, 7) is 1.01. The first-order valence-electron chi connectivity index (χ1n) is 8.12. The molecule has 3 rings (SSSR count). The number of nitrogens with zero attached hydrogens (tertiary/aromatic N) is 1. The Morgan fingerprint density at radius 3 is 2.48 bits per heavy atom. The minimum Gasteiger partial charge on any atom is -0.480 e. The average molecular weight is 342 g/mol. The van der Waals surface area contributed by atoms with E-state index in [9.17, 15) is 19.1 Å². The highest BCUT2D eigenvalue weighted by Gasteiger charge is 2.25. The van der Waals surface area contributed by atoms with E-state index < -0.39 is 18.0 Å². The molecule has 0 aromatic heterocycles. The van der Waals surface area contributed by atoms with Crippen LogP contribution in [-0.2, 0) is 24.2 Å². The maximum Gasteiger partial charge on any atom is 0.326 e. The molecule has 5 nitrogen and oxygen atoms in total.